The third-order valence-corrected chi connectivity index (χ3v) is 4.51. The molecule has 0 bridgehead atoms. The van der Waals surface area contributed by atoms with Crippen molar-refractivity contribution in [3.63, 3.8) is 0 Å². The molecule has 0 aromatic carbocycles. The average Bonchev–Trinajstić information content (AvgIpc) is 2.70. The van der Waals surface area contributed by atoms with E-state index in [2.05, 4.69) is 17.1 Å². The quantitative estimate of drug-likeness (QED) is 0.802. The average molecular weight is 295 g/mol. The fraction of sp³-hybridized carbons (Fsp3) is 0.917. The zero-order valence-corrected chi connectivity index (χ0v) is 11.8. The molecule has 2 rings (SSSR count). The number of alkyl halides is 3. The Bertz CT molecular complexity index is 348. The molecule has 2 saturated heterocycles. The lowest BCUT2D eigenvalue weighted by atomic mass is 10.0. The van der Waals surface area contributed by atoms with Crippen molar-refractivity contribution in [1.82, 2.24) is 9.80 Å². The van der Waals surface area contributed by atoms with Gasteiger partial charge >= 0.3 is 6.18 Å². The van der Waals surface area contributed by atoms with Crippen molar-refractivity contribution in [2.24, 2.45) is 11.7 Å². The Balaban J connectivity index is 2.02. The van der Waals surface area contributed by atoms with Crippen molar-refractivity contribution in [1.29, 1.82) is 0 Å². The normalized spacial score (nSPS) is 31.2. The standard InChI is InChI=1S/C12H20F3N3S/c1-8-5-17-4-2-3-9(17)6-18(8)7-10(11(16)19)12(13,14)15/h8-10H,2-7H2,1H3,(H2,16,19). The van der Waals surface area contributed by atoms with Crippen LogP contribution in [0.2, 0.25) is 0 Å². The van der Waals surface area contributed by atoms with Crippen LogP contribution < -0.4 is 5.73 Å². The van der Waals surface area contributed by atoms with Crippen molar-refractivity contribution in [2.75, 3.05) is 26.2 Å². The number of halogens is 3. The highest BCUT2D eigenvalue weighted by atomic mass is 32.1. The van der Waals surface area contributed by atoms with E-state index in [1.165, 1.54) is 0 Å². The smallest absolute Gasteiger partial charge is 0.393 e. The predicted octanol–water partition coefficient (Wildman–Crippen LogP) is 1.62. The molecule has 2 heterocycles. The first-order valence-corrected chi connectivity index (χ1v) is 7.04. The molecule has 2 fully saturated rings. The first kappa shape index (κ1) is 15.0. The van der Waals surface area contributed by atoms with Crippen molar-refractivity contribution < 1.29 is 13.2 Å². The van der Waals surface area contributed by atoms with Crippen molar-refractivity contribution in [2.45, 2.75) is 38.0 Å². The van der Waals surface area contributed by atoms with E-state index in [0.29, 0.717) is 12.6 Å². The van der Waals surface area contributed by atoms with Gasteiger partial charge in [0.25, 0.3) is 0 Å². The summed E-state index contributed by atoms with van der Waals surface area (Å²) in [6.07, 6.45) is -2.13. The number of fused-ring (bicyclic) bond motifs is 1. The molecule has 0 aliphatic carbocycles. The van der Waals surface area contributed by atoms with Gasteiger partial charge in [0.15, 0.2) is 0 Å². The van der Waals surface area contributed by atoms with Gasteiger partial charge in [0, 0.05) is 31.7 Å². The van der Waals surface area contributed by atoms with Gasteiger partial charge in [0.1, 0.15) is 5.92 Å². The molecule has 3 unspecified atom stereocenters. The molecule has 0 radical (unpaired) electrons. The van der Waals surface area contributed by atoms with Gasteiger partial charge in [-0.1, -0.05) is 12.2 Å². The van der Waals surface area contributed by atoms with Gasteiger partial charge in [-0.15, -0.1) is 0 Å². The fourth-order valence-corrected chi connectivity index (χ4v) is 3.30. The maximum absolute atomic E-state index is 12.9. The molecule has 7 heteroatoms. The van der Waals surface area contributed by atoms with E-state index >= 15 is 0 Å². The zero-order chi connectivity index (χ0) is 14.2. The van der Waals surface area contributed by atoms with Crippen LogP contribution in [-0.2, 0) is 0 Å². The number of piperazine rings is 1. The second kappa shape index (κ2) is 5.54. The zero-order valence-electron chi connectivity index (χ0n) is 11.0. The minimum atomic E-state index is -4.35. The summed E-state index contributed by atoms with van der Waals surface area (Å²) in [7, 11) is 0. The molecular weight excluding hydrogens is 275 g/mol. The molecule has 3 nitrogen and oxygen atoms in total. The molecule has 0 spiro atoms. The van der Waals surface area contributed by atoms with E-state index in [0.717, 1.165) is 25.9 Å². The molecule has 110 valence electrons. The Morgan fingerprint density at radius 1 is 1.42 bits per heavy atom. The van der Waals surface area contributed by atoms with E-state index in [1.54, 1.807) is 0 Å². The first-order chi connectivity index (χ1) is 8.79. The highest BCUT2D eigenvalue weighted by Gasteiger charge is 2.44. The molecule has 3 atom stereocenters. The van der Waals surface area contributed by atoms with Crippen LogP contribution in [0.15, 0.2) is 0 Å². The van der Waals surface area contributed by atoms with Gasteiger partial charge in [-0.05, 0) is 26.3 Å². The summed E-state index contributed by atoms with van der Waals surface area (Å²) in [5.74, 6) is -1.70. The molecule has 0 saturated carbocycles. The fourth-order valence-electron chi connectivity index (χ4n) is 3.09. The number of hydrogen-bond donors (Lipinski definition) is 1. The molecular formula is C12H20F3N3S. The molecule has 2 aliphatic heterocycles. The topological polar surface area (TPSA) is 32.5 Å². The van der Waals surface area contributed by atoms with Crippen molar-refractivity contribution in [3.05, 3.63) is 0 Å². The van der Waals surface area contributed by atoms with Gasteiger partial charge < -0.3 is 5.73 Å². The van der Waals surface area contributed by atoms with Crippen LogP contribution in [0, 0.1) is 5.92 Å². The Morgan fingerprint density at radius 3 is 2.68 bits per heavy atom. The van der Waals surface area contributed by atoms with Crippen molar-refractivity contribution in [3.8, 4) is 0 Å². The maximum Gasteiger partial charge on any atom is 0.399 e. The van der Waals surface area contributed by atoms with E-state index in [4.69, 9.17) is 5.73 Å². The van der Waals surface area contributed by atoms with Crippen LogP contribution in [0.3, 0.4) is 0 Å². The van der Waals surface area contributed by atoms with Crippen LogP contribution in [0.5, 0.6) is 0 Å². The molecule has 19 heavy (non-hydrogen) atoms. The summed E-state index contributed by atoms with van der Waals surface area (Å²) in [6, 6.07) is 0.518. The summed E-state index contributed by atoms with van der Waals surface area (Å²) in [6.45, 7) is 4.47. The second-order valence-electron chi connectivity index (χ2n) is 5.59. The van der Waals surface area contributed by atoms with E-state index in [1.807, 2.05) is 11.8 Å². The largest absolute Gasteiger partial charge is 0.399 e. The highest BCUT2D eigenvalue weighted by Crippen LogP contribution is 2.30. The first-order valence-electron chi connectivity index (χ1n) is 6.63. The summed E-state index contributed by atoms with van der Waals surface area (Å²) in [5, 5.41) is 0. The molecule has 0 aromatic rings. The summed E-state index contributed by atoms with van der Waals surface area (Å²) in [4.78, 5) is 3.82. The number of nitrogens with two attached hydrogens (primary N) is 1. The number of thiocarbonyl (C=S) groups is 1. The number of rotatable bonds is 3. The van der Waals surface area contributed by atoms with Gasteiger partial charge in [-0.25, -0.2) is 0 Å². The Kier molecular flexibility index (Phi) is 4.37. The van der Waals surface area contributed by atoms with Gasteiger partial charge in [0.2, 0.25) is 0 Å². The van der Waals surface area contributed by atoms with E-state index in [-0.39, 0.29) is 12.6 Å². The lowest BCUT2D eigenvalue weighted by molar-refractivity contribution is -0.162. The minimum absolute atomic E-state index is 0.107. The molecule has 0 amide bonds. The van der Waals surface area contributed by atoms with Gasteiger partial charge in [0.05, 0.1) is 4.99 Å². The Hall–Kier alpha value is -0.400. The third kappa shape index (κ3) is 3.38. The molecule has 2 aliphatic rings. The van der Waals surface area contributed by atoms with Crippen LogP contribution in [0.25, 0.3) is 0 Å². The van der Waals surface area contributed by atoms with E-state index < -0.39 is 17.1 Å². The lowest BCUT2D eigenvalue weighted by Gasteiger charge is -2.43. The Labute approximate surface area is 116 Å². The SMILES string of the molecule is CC1CN2CCCC2CN1CC(C(N)=S)C(F)(F)F. The second-order valence-corrected chi connectivity index (χ2v) is 6.06. The predicted molar refractivity (Wildman–Crippen MR) is 72.0 cm³/mol. The van der Waals surface area contributed by atoms with Crippen LogP contribution in [-0.4, -0.2) is 59.2 Å². The van der Waals surface area contributed by atoms with Crippen LogP contribution in [0.4, 0.5) is 13.2 Å². The highest BCUT2D eigenvalue weighted by molar-refractivity contribution is 7.80. The third-order valence-electron chi connectivity index (χ3n) is 4.22. The number of nitrogens with zero attached hydrogens (tertiary/aromatic N) is 2. The Morgan fingerprint density at radius 2 is 2.11 bits per heavy atom. The molecule has 0 aromatic heterocycles. The summed E-state index contributed by atoms with van der Waals surface area (Å²) < 4.78 is 38.7. The van der Waals surface area contributed by atoms with E-state index in [9.17, 15) is 13.2 Å². The summed E-state index contributed by atoms with van der Waals surface area (Å²) >= 11 is 4.59. The lowest BCUT2D eigenvalue weighted by Crippen LogP contribution is -2.57. The van der Waals surface area contributed by atoms with Gasteiger partial charge in [-0.2, -0.15) is 13.2 Å². The molecule has 2 N–H and O–H groups in total. The van der Waals surface area contributed by atoms with Crippen molar-refractivity contribution >= 4 is 17.2 Å². The minimum Gasteiger partial charge on any atom is -0.393 e. The van der Waals surface area contributed by atoms with Crippen LogP contribution >= 0.6 is 12.2 Å². The van der Waals surface area contributed by atoms with Gasteiger partial charge in [-0.3, -0.25) is 9.80 Å². The summed E-state index contributed by atoms with van der Waals surface area (Å²) in [5.41, 5.74) is 5.27. The monoisotopic (exact) mass is 295 g/mol. The van der Waals surface area contributed by atoms with Crippen LogP contribution in [0.1, 0.15) is 19.8 Å². The maximum atomic E-state index is 12.9. The number of hydrogen-bond acceptors (Lipinski definition) is 3.